The van der Waals surface area contributed by atoms with E-state index in [1.807, 2.05) is 0 Å². The molecule has 9 heteroatoms. The third-order valence-electron chi connectivity index (χ3n) is 4.95. The van der Waals surface area contributed by atoms with Crippen molar-refractivity contribution in [2.75, 3.05) is 16.0 Å². The molecule has 0 radical (unpaired) electrons. The average molecular weight is 421 g/mol. The van der Waals surface area contributed by atoms with Crippen LogP contribution < -0.4 is 16.0 Å². The Labute approximate surface area is 177 Å². The van der Waals surface area contributed by atoms with Crippen molar-refractivity contribution < 1.29 is 18.8 Å². The van der Waals surface area contributed by atoms with Crippen molar-refractivity contribution in [3.8, 4) is 11.3 Å². The van der Waals surface area contributed by atoms with E-state index in [4.69, 9.17) is 0 Å². The Bertz CT molecular complexity index is 1190. The van der Waals surface area contributed by atoms with Crippen molar-refractivity contribution in [3.05, 3.63) is 59.9 Å². The number of halogens is 1. The zero-order valence-electron chi connectivity index (χ0n) is 16.9. The van der Waals surface area contributed by atoms with Crippen LogP contribution in [0.5, 0.6) is 0 Å². The van der Waals surface area contributed by atoms with Crippen molar-refractivity contribution >= 4 is 34.9 Å². The lowest BCUT2D eigenvalue weighted by Gasteiger charge is -2.24. The van der Waals surface area contributed by atoms with Gasteiger partial charge in [-0.05, 0) is 49.4 Å². The molecule has 1 aliphatic heterocycles. The van der Waals surface area contributed by atoms with E-state index in [-0.39, 0.29) is 24.1 Å². The van der Waals surface area contributed by atoms with Crippen LogP contribution in [0.3, 0.4) is 0 Å². The second kappa shape index (κ2) is 8.02. The zero-order chi connectivity index (χ0) is 22.1. The summed E-state index contributed by atoms with van der Waals surface area (Å²) in [5.41, 5.74) is 2.94. The van der Waals surface area contributed by atoms with Gasteiger partial charge >= 0.3 is 0 Å². The molecule has 0 saturated heterocycles. The summed E-state index contributed by atoms with van der Waals surface area (Å²) in [6.45, 7) is 3.18. The first-order valence-electron chi connectivity index (χ1n) is 9.65. The molecule has 8 nitrogen and oxygen atoms in total. The Kier molecular flexibility index (Phi) is 5.24. The van der Waals surface area contributed by atoms with Crippen LogP contribution >= 0.6 is 0 Å². The van der Waals surface area contributed by atoms with E-state index in [1.165, 1.54) is 23.7 Å². The summed E-state index contributed by atoms with van der Waals surface area (Å²) in [6.07, 6.45) is -0.0752. The number of fused-ring (bicyclic) bond motifs is 1. The minimum atomic E-state index is -0.860. The summed E-state index contributed by atoms with van der Waals surface area (Å²) in [5.74, 6) is -0.866. The highest BCUT2D eigenvalue weighted by Crippen LogP contribution is 2.34. The number of rotatable bonds is 4. The molecule has 1 unspecified atom stereocenters. The summed E-state index contributed by atoms with van der Waals surface area (Å²) in [5, 5.41) is 12.8. The van der Waals surface area contributed by atoms with Gasteiger partial charge in [-0.25, -0.2) is 9.07 Å². The van der Waals surface area contributed by atoms with Crippen LogP contribution in [0.1, 0.15) is 24.9 Å². The Balaban J connectivity index is 1.64. The molecule has 1 atom stereocenters. The summed E-state index contributed by atoms with van der Waals surface area (Å²) in [6, 6.07) is 11.7. The summed E-state index contributed by atoms with van der Waals surface area (Å²) in [7, 11) is 0. The first-order chi connectivity index (χ1) is 14.8. The van der Waals surface area contributed by atoms with E-state index in [0.29, 0.717) is 34.0 Å². The van der Waals surface area contributed by atoms with Crippen molar-refractivity contribution in [2.45, 2.75) is 26.3 Å². The molecular formula is C22H20FN5O3. The molecule has 3 N–H and O–H groups in total. The molecule has 0 aliphatic carbocycles. The molecule has 4 rings (SSSR count). The monoisotopic (exact) mass is 421 g/mol. The van der Waals surface area contributed by atoms with E-state index in [9.17, 15) is 18.8 Å². The number of nitrogens with one attached hydrogen (secondary N) is 3. The number of hydrogen-bond acceptors (Lipinski definition) is 4. The molecule has 2 heterocycles. The van der Waals surface area contributed by atoms with Gasteiger partial charge in [0.25, 0.3) is 0 Å². The van der Waals surface area contributed by atoms with Crippen LogP contribution in [0.2, 0.25) is 0 Å². The van der Waals surface area contributed by atoms with Gasteiger partial charge < -0.3 is 16.0 Å². The third-order valence-corrected chi connectivity index (χ3v) is 4.95. The molecule has 0 bridgehead atoms. The number of carbonyl (C=O) groups is 3. The molecule has 0 saturated carbocycles. The topological polar surface area (TPSA) is 105 Å². The first kappa shape index (κ1) is 20.3. The predicted molar refractivity (Wildman–Crippen MR) is 114 cm³/mol. The van der Waals surface area contributed by atoms with Crippen LogP contribution in [0.4, 0.5) is 21.6 Å². The smallest absolute Gasteiger partial charge is 0.249 e. The SMILES string of the molecule is CC(=O)Nc1cccc(NC(=O)C2CC(=O)Nc3c(C)c(-c4ccc(F)cc4)nn32)c1. The summed E-state index contributed by atoms with van der Waals surface area (Å²) in [4.78, 5) is 36.6. The van der Waals surface area contributed by atoms with E-state index >= 15 is 0 Å². The van der Waals surface area contributed by atoms with Gasteiger partial charge in [0.15, 0.2) is 0 Å². The molecule has 0 fully saturated rings. The van der Waals surface area contributed by atoms with E-state index in [0.717, 1.165) is 0 Å². The number of anilines is 3. The van der Waals surface area contributed by atoms with Crippen LogP contribution in [-0.4, -0.2) is 27.5 Å². The van der Waals surface area contributed by atoms with Gasteiger partial charge in [-0.3, -0.25) is 14.4 Å². The van der Waals surface area contributed by atoms with E-state index in [1.54, 1.807) is 43.3 Å². The number of nitrogens with zero attached hydrogens (tertiary/aromatic N) is 2. The fraction of sp³-hybridized carbons (Fsp3) is 0.182. The maximum Gasteiger partial charge on any atom is 0.249 e. The minimum Gasteiger partial charge on any atom is -0.326 e. The molecule has 158 valence electrons. The van der Waals surface area contributed by atoms with E-state index in [2.05, 4.69) is 21.0 Å². The highest BCUT2D eigenvalue weighted by molar-refractivity contribution is 6.02. The Morgan fingerprint density at radius 3 is 2.48 bits per heavy atom. The summed E-state index contributed by atoms with van der Waals surface area (Å²) >= 11 is 0. The molecular weight excluding hydrogens is 401 g/mol. The van der Waals surface area contributed by atoms with E-state index < -0.39 is 11.9 Å². The van der Waals surface area contributed by atoms with Crippen LogP contribution in [-0.2, 0) is 14.4 Å². The van der Waals surface area contributed by atoms with Crippen LogP contribution in [0, 0.1) is 12.7 Å². The maximum absolute atomic E-state index is 13.3. The number of carbonyl (C=O) groups excluding carboxylic acids is 3. The normalized spacial score (nSPS) is 15.1. The predicted octanol–water partition coefficient (Wildman–Crippen LogP) is 3.48. The third kappa shape index (κ3) is 4.16. The lowest BCUT2D eigenvalue weighted by Crippen LogP contribution is -2.35. The second-order valence-electron chi connectivity index (χ2n) is 7.29. The molecule has 3 aromatic rings. The summed E-state index contributed by atoms with van der Waals surface area (Å²) < 4.78 is 14.8. The van der Waals surface area contributed by atoms with Gasteiger partial charge in [-0.15, -0.1) is 0 Å². The lowest BCUT2D eigenvalue weighted by atomic mass is 10.1. The number of benzene rings is 2. The quantitative estimate of drug-likeness (QED) is 0.600. The largest absolute Gasteiger partial charge is 0.326 e. The van der Waals surface area contributed by atoms with Gasteiger partial charge in [0.2, 0.25) is 17.7 Å². The maximum atomic E-state index is 13.3. The number of amides is 3. The Hall–Kier alpha value is -4.01. The van der Waals surface area contributed by atoms with Crippen molar-refractivity contribution in [1.82, 2.24) is 9.78 Å². The Morgan fingerprint density at radius 2 is 1.81 bits per heavy atom. The standard InChI is InChI=1S/C22H20FN5O3/c1-12-20(14-6-8-15(23)9-7-14)27-28-18(11-19(30)26-21(12)28)22(31)25-17-5-3-4-16(10-17)24-13(2)29/h3-10,18H,11H2,1-2H3,(H,24,29)(H,25,31)(H,26,30). The van der Waals surface area contributed by atoms with Gasteiger partial charge in [-0.1, -0.05) is 6.07 Å². The van der Waals surface area contributed by atoms with Crippen LogP contribution in [0.15, 0.2) is 48.5 Å². The average Bonchev–Trinajstić information content (AvgIpc) is 3.04. The first-order valence-corrected chi connectivity index (χ1v) is 9.65. The fourth-order valence-electron chi connectivity index (χ4n) is 3.53. The fourth-order valence-corrected chi connectivity index (χ4v) is 3.53. The van der Waals surface area contributed by atoms with Crippen molar-refractivity contribution in [3.63, 3.8) is 0 Å². The van der Waals surface area contributed by atoms with Crippen LogP contribution in [0.25, 0.3) is 11.3 Å². The minimum absolute atomic E-state index is 0.0752. The lowest BCUT2D eigenvalue weighted by molar-refractivity contribution is -0.125. The molecule has 1 aliphatic rings. The molecule has 0 spiro atoms. The zero-order valence-corrected chi connectivity index (χ0v) is 16.9. The molecule has 3 amide bonds. The molecule has 2 aromatic carbocycles. The van der Waals surface area contributed by atoms with Gasteiger partial charge in [-0.2, -0.15) is 5.10 Å². The highest BCUT2D eigenvalue weighted by atomic mass is 19.1. The van der Waals surface area contributed by atoms with Crippen molar-refractivity contribution in [1.29, 1.82) is 0 Å². The second-order valence-corrected chi connectivity index (χ2v) is 7.29. The van der Waals surface area contributed by atoms with Crippen molar-refractivity contribution in [2.24, 2.45) is 0 Å². The van der Waals surface area contributed by atoms with Gasteiger partial charge in [0.1, 0.15) is 17.7 Å². The highest BCUT2D eigenvalue weighted by Gasteiger charge is 2.34. The number of aromatic nitrogens is 2. The van der Waals surface area contributed by atoms with Gasteiger partial charge in [0, 0.05) is 29.4 Å². The van der Waals surface area contributed by atoms with Gasteiger partial charge in [0.05, 0.1) is 12.1 Å². The Morgan fingerprint density at radius 1 is 1.13 bits per heavy atom. The molecule has 31 heavy (non-hydrogen) atoms. The number of hydrogen-bond donors (Lipinski definition) is 3. The molecule has 1 aromatic heterocycles.